The van der Waals surface area contributed by atoms with Gasteiger partial charge >= 0.3 is 0 Å². The van der Waals surface area contributed by atoms with Gasteiger partial charge in [-0.2, -0.15) is 0 Å². The highest BCUT2D eigenvalue weighted by Crippen LogP contribution is 2.22. The maximum atomic E-state index is 13.6. The van der Waals surface area contributed by atoms with Gasteiger partial charge in [0.25, 0.3) is 0 Å². The zero-order valence-corrected chi connectivity index (χ0v) is 11.2. The molecule has 0 unspecified atom stereocenters. The maximum Gasteiger partial charge on any atom is 0.225 e. The van der Waals surface area contributed by atoms with Gasteiger partial charge in [-0.05, 0) is 6.42 Å². The van der Waals surface area contributed by atoms with Crippen molar-refractivity contribution < 1.29 is 17.6 Å². The van der Waals surface area contributed by atoms with E-state index in [1.807, 2.05) is 0 Å². The van der Waals surface area contributed by atoms with Crippen LogP contribution >= 0.6 is 0 Å². The minimum absolute atomic E-state index is 0.0239. The van der Waals surface area contributed by atoms with Crippen molar-refractivity contribution >= 4 is 22.1 Å². The highest BCUT2D eigenvalue weighted by molar-refractivity contribution is 7.90. The zero-order valence-electron chi connectivity index (χ0n) is 10.4. The van der Waals surface area contributed by atoms with Crippen molar-refractivity contribution in [2.45, 2.75) is 17.5 Å². The SMILES string of the molecule is CS(=O)(=O)c1cnc(N2CC[C@H](C=O)[C@H](F)C2)nc1. The first-order valence-electron chi connectivity index (χ1n) is 5.78. The molecule has 2 heterocycles. The lowest BCUT2D eigenvalue weighted by molar-refractivity contribution is -0.113. The molecule has 0 saturated carbocycles. The van der Waals surface area contributed by atoms with E-state index in [0.717, 1.165) is 6.26 Å². The van der Waals surface area contributed by atoms with Gasteiger partial charge < -0.3 is 9.69 Å². The van der Waals surface area contributed by atoms with Crippen LogP contribution in [0.3, 0.4) is 0 Å². The number of piperidine rings is 1. The Kier molecular flexibility index (Phi) is 3.79. The van der Waals surface area contributed by atoms with Gasteiger partial charge in [-0.3, -0.25) is 0 Å². The van der Waals surface area contributed by atoms with Crippen molar-refractivity contribution in [2.24, 2.45) is 5.92 Å². The third-order valence-electron chi connectivity index (χ3n) is 3.09. The van der Waals surface area contributed by atoms with Crippen LogP contribution in [-0.2, 0) is 14.6 Å². The third kappa shape index (κ3) is 3.06. The van der Waals surface area contributed by atoms with Crippen LogP contribution in [0.4, 0.5) is 10.3 Å². The fourth-order valence-corrected chi connectivity index (χ4v) is 2.41. The Morgan fingerprint density at radius 3 is 2.53 bits per heavy atom. The van der Waals surface area contributed by atoms with Gasteiger partial charge in [0.15, 0.2) is 9.84 Å². The van der Waals surface area contributed by atoms with Crippen LogP contribution in [-0.4, -0.2) is 50.2 Å². The van der Waals surface area contributed by atoms with E-state index in [4.69, 9.17) is 0 Å². The van der Waals surface area contributed by atoms with Gasteiger partial charge in [-0.25, -0.2) is 22.8 Å². The van der Waals surface area contributed by atoms with E-state index < -0.39 is 21.9 Å². The Morgan fingerprint density at radius 2 is 2.05 bits per heavy atom. The number of aromatic nitrogens is 2. The quantitative estimate of drug-likeness (QED) is 0.741. The molecule has 19 heavy (non-hydrogen) atoms. The number of nitrogens with zero attached hydrogens (tertiary/aromatic N) is 3. The molecular formula is C11H14FN3O3S. The smallest absolute Gasteiger partial charge is 0.225 e. The molecule has 0 amide bonds. The van der Waals surface area contributed by atoms with Gasteiger partial charge in [0.1, 0.15) is 17.4 Å². The summed E-state index contributed by atoms with van der Waals surface area (Å²) in [5.74, 6) is -0.300. The van der Waals surface area contributed by atoms with E-state index in [1.54, 1.807) is 4.90 Å². The Bertz CT molecular complexity index is 561. The van der Waals surface area contributed by atoms with Crippen LogP contribution < -0.4 is 4.90 Å². The Morgan fingerprint density at radius 1 is 1.42 bits per heavy atom. The van der Waals surface area contributed by atoms with Crippen LogP contribution in [0, 0.1) is 5.92 Å². The molecule has 1 aliphatic rings. The Balaban J connectivity index is 2.14. The van der Waals surface area contributed by atoms with E-state index >= 15 is 0 Å². The van der Waals surface area contributed by atoms with Crippen molar-refractivity contribution in [3.63, 3.8) is 0 Å². The predicted octanol–water partition coefficient (Wildman–Crippen LogP) is 0.243. The topological polar surface area (TPSA) is 80.2 Å². The lowest BCUT2D eigenvalue weighted by Gasteiger charge is -2.32. The second-order valence-corrected chi connectivity index (χ2v) is 6.56. The number of rotatable bonds is 3. The first kappa shape index (κ1) is 13.9. The highest BCUT2D eigenvalue weighted by Gasteiger charge is 2.30. The van der Waals surface area contributed by atoms with Crippen molar-refractivity contribution in [2.75, 3.05) is 24.2 Å². The molecule has 8 heteroatoms. The molecular weight excluding hydrogens is 273 g/mol. The molecule has 0 N–H and O–H groups in total. The van der Waals surface area contributed by atoms with Crippen molar-refractivity contribution in [3.05, 3.63) is 12.4 Å². The average Bonchev–Trinajstić information content (AvgIpc) is 2.38. The number of anilines is 1. The number of alkyl halides is 1. The number of halogens is 1. The molecule has 0 spiro atoms. The number of carbonyl (C=O) groups is 1. The van der Waals surface area contributed by atoms with E-state index in [-0.39, 0.29) is 17.4 Å². The molecule has 1 aromatic heterocycles. The first-order chi connectivity index (χ1) is 8.91. The molecule has 1 aliphatic heterocycles. The normalized spacial score (nSPS) is 24.2. The molecule has 104 valence electrons. The molecule has 1 fully saturated rings. The summed E-state index contributed by atoms with van der Waals surface area (Å²) in [5, 5.41) is 0. The minimum Gasteiger partial charge on any atom is -0.338 e. The monoisotopic (exact) mass is 287 g/mol. The molecule has 1 saturated heterocycles. The second-order valence-electron chi connectivity index (χ2n) is 4.54. The van der Waals surface area contributed by atoms with Gasteiger partial charge in [0.2, 0.25) is 5.95 Å². The maximum absolute atomic E-state index is 13.6. The number of hydrogen-bond donors (Lipinski definition) is 0. The van der Waals surface area contributed by atoms with Crippen molar-refractivity contribution in [1.82, 2.24) is 9.97 Å². The number of sulfone groups is 1. The third-order valence-corrected chi connectivity index (χ3v) is 4.16. The molecule has 0 radical (unpaired) electrons. The summed E-state index contributed by atoms with van der Waals surface area (Å²) in [6.45, 7) is 0.518. The van der Waals surface area contributed by atoms with Gasteiger partial charge in [0, 0.05) is 18.7 Å². The molecule has 0 aromatic carbocycles. The Hall–Kier alpha value is -1.57. The molecule has 6 nitrogen and oxygen atoms in total. The summed E-state index contributed by atoms with van der Waals surface area (Å²) in [7, 11) is -3.34. The van der Waals surface area contributed by atoms with Crippen molar-refractivity contribution in [3.8, 4) is 0 Å². The summed E-state index contributed by atoms with van der Waals surface area (Å²) in [6, 6.07) is 0. The molecule has 0 bridgehead atoms. The Labute approximate surface area is 110 Å². The molecule has 1 aromatic rings. The minimum atomic E-state index is -3.34. The number of carbonyl (C=O) groups excluding carboxylic acids is 1. The lowest BCUT2D eigenvalue weighted by atomic mass is 9.97. The summed E-state index contributed by atoms with van der Waals surface area (Å²) in [5.41, 5.74) is 0. The second kappa shape index (κ2) is 5.20. The summed E-state index contributed by atoms with van der Waals surface area (Å²) in [6.07, 6.45) is 3.27. The van der Waals surface area contributed by atoms with Gasteiger partial charge in [-0.1, -0.05) is 0 Å². The fourth-order valence-electron chi connectivity index (χ4n) is 1.92. The van der Waals surface area contributed by atoms with Gasteiger partial charge in [-0.15, -0.1) is 0 Å². The van der Waals surface area contributed by atoms with Crippen LogP contribution in [0.1, 0.15) is 6.42 Å². The van der Waals surface area contributed by atoms with Crippen LogP contribution in [0.25, 0.3) is 0 Å². The van der Waals surface area contributed by atoms with E-state index in [1.165, 1.54) is 12.4 Å². The average molecular weight is 287 g/mol. The zero-order chi connectivity index (χ0) is 14.0. The standard InChI is InChI=1S/C11H14FN3O3S/c1-19(17,18)9-4-13-11(14-5-9)15-3-2-8(7-16)10(12)6-15/h4-5,7-8,10H,2-3,6H2,1H3/t8-,10-/m1/s1. The molecule has 2 atom stereocenters. The fraction of sp³-hybridized carbons (Fsp3) is 0.545. The summed E-state index contributed by atoms with van der Waals surface area (Å²) >= 11 is 0. The molecule has 0 aliphatic carbocycles. The van der Waals surface area contributed by atoms with Crippen LogP contribution in [0.15, 0.2) is 17.3 Å². The molecule has 2 rings (SSSR count). The van der Waals surface area contributed by atoms with Gasteiger partial charge in [0.05, 0.1) is 18.9 Å². The van der Waals surface area contributed by atoms with E-state index in [0.29, 0.717) is 19.3 Å². The predicted molar refractivity (Wildman–Crippen MR) is 66.4 cm³/mol. The highest BCUT2D eigenvalue weighted by atomic mass is 32.2. The summed E-state index contributed by atoms with van der Waals surface area (Å²) in [4.78, 5) is 20.1. The number of hydrogen-bond acceptors (Lipinski definition) is 6. The first-order valence-corrected chi connectivity index (χ1v) is 7.67. The number of aldehydes is 1. The largest absolute Gasteiger partial charge is 0.338 e. The lowest BCUT2D eigenvalue weighted by Crippen LogP contribution is -2.43. The van der Waals surface area contributed by atoms with Crippen LogP contribution in [0.2, 0.25) is 0 Å². The van der Waals surface area contributed by atoms with E-state index in [2.05, 4.69) is 9.97 Å². The van der Waals surface area contributed by atoms with Crippen molar-refractivity contribution in [1.29, 1.82) is 0 Å². The van der Waals surface area contributed by atoms with E-state index in [9.17, 15) is 17.6 Å². The van der Waals surface area contributed by atoms with Crippen LogP contribution in [0.5, 0.6) is 0 Å². The summed E-state index contributed by atoms with van der Waals surface area (Å²) < 4.78 is 36.2.